The summed E-state index contributed by atoms with van der Waals surface area (Å²) in [4.78, 5) is -0.0693. The number of nitrogens with one attached hydrogen (secondary N) is 1. The molecule has 9 nitrogen and oxygen atoms in total. The molecule has 0 saturated heterocycles. The summed E-state index contributed by atoms with van der Waals surface area (Å²) in [7, 11) is -1.20. The third-order valence-corrected chi connectivity index (χ3v) is 5.57. The first-order chi connectivity index (χ1) is 13.4. The summed E-state index contributed by atoms with van der Waals surface area (Å²) in [5, 5.41) is 11.8. The Balaban J connectivity index is 2.08. The van der Waals surface area contributed by atoms with E-state index in [4.69, 9.17) is 21.1 Å². The monoisotopic (exact) mass is 423 g/mol. The van der Waals surface area contributed by atoms with E-state index in [1.54, 1.807) is 28.9 Å². The van der Waals surface area contributed by atoms with Gasteiger partial charge in [-0.15, -0.1) is 5.10 Å². The summed E-state index contributed by atoms with van der Waals surface area (Å²) in [6.45, 7) is 2.42. The second-order valence-electron chi connectivity index (χ2n) is 5.63. The van der Waals surface area contributed by atoms with E-state index in [-0.39, 0.29) is 16.3 Å². The van der Waals surface area contributed by atoms with Gasteiger partial charge in [0.15, 0.2) is 5.82 Å². The number of rotatable bonds is 7. The molecule has 0 aliphatic carbocycles. The van der Waals surface area contributed by atoms with Crippen molar-refractivity contribution in [2.75, 3.05) is 18.9 Å². The highest BCUT2D eigenvalue weighted by Gasteiger charge is 2.23. The first-order valence-corrected chi connectivity index (χ1v) is 10.1. The van der Waals surface area contributed by atoms with Gasteiger partial charge in [0.05, 0.1) is 19.9 Å². The zero-order chi connectivity index (χ0) is 20.3. The average molecular weight is 424 g/mol. The molecule has 2 aromatic carbocycles. The summed E-state index contributed by atoms with van der Waals surface area (Å²) >= 11 is 5.99. The third-order valence-electron chi connectivity index (χ3n) is 3.95. The van der Waals surface area contributed by atoms with Crippen LogP contribution in [-0.2, 0) is 16.6 Å². The number of nitrogens with zero attached hydrogens (tertiary/aromatic N) is 4. The highest BCUT2D eigenvalue weighted by Crippen LogP contribution is 2.33. The van der Waals surface area contributed by atoms with Crippen LogP contribution >= 0.6 is 11.6 Å². The Kier molecular flexibility index (Phi) is 5.71. The molecule has 148 valence electrons. The molecular weight excluding hydrogens is 406 g/mol. The van der Waals surface area contributed by atoms with Crippen LogP contribution in [0.5, 0.6) is 11.5 Å². The molecule has 1 N–H and O–H groups in total. The number of halogens is 1. The predicted octanol–water partition coefficient (Wildman–Crippen LogP) is 2.83. The largest absolute Gasteiger partial charge is 0.495 e. The molecule has 0 spiro atoms. The quantitative estimate of drug-likeness (QED) is 0.622. The van der Waals surface area contributed by atoms with Gasteiger partial charge in [0.1, 0.15) is 16.4 Å². The van der Waals surface area contributed by atoms with Crippen LogP contribution in [0.15, 0.2) is 41.3 Å². The van der Waals surface area contributed by atoms with Crippen LogP contribution in [0.25, 0.3) is 11.4 Å². The number of aryl methyl sites for hydroxylation is 1. The second kappa shape index (κ2) is 8.03. The molecule has 0 radical (unpaired) electrons. The van der Waals surface area contributed by atoms with Crippen molar-refractivity contribution in [1.29, 1.82) is 0 Å². The van der Waals surface area contributed by atoms with Crippen molar-refractivity contribution in [3.63, 3.8) is 0 Å². The van der Waals surface area contributed by atoms with Crippen LogP contribution in [0.3, 0.4) is 0 Å². The van der Waals surface area contributed by atoms with E-state index in [9.17, 15) is 8.42 Å². The summed E-state index contributed by atoms with van der Waals surface area (Å²) in [6, 6.07) is 9.33. The van der Waals surface area contributed by atoms with E-state index in [0.29, 0.717) is 28.7 Å². The van der Waals surface area contributed by atoms with E-state index >= 15 is 0 Å². The minimum Gasteiger partial charge on any atom is -0.495 e. The Hall–Kier alpha value is -2.85. The maximum atomic E-state index is 13.1. The summed E-state index contributed by atoms with van der Waals surface area (Å²) < 4.78 is 40.7. The van der Waals surface area contributed by atoms with Crippen molar-refractivity contribution >= 4 is 27.3 Å². The number of methoxy groups -OCH3 is 2. The molecule has 0 saturated carbocycles. The van der Waals surface area contributed by atoms with Gasteiger partial charge >= 0.3 is 0 Å². The standard InChI is InChI=1S/C17H18ClN5O4S/c1-4-23-17(19-21-22-23)11-5-7-15(27-3)16(9-11)28(24,25)20-13-10-12(18)6-8-14(13)26-2/h5-10,20H,4H2,1-3H3. The number of tetrazole rings is 1. The van der Waals surface area contributed by atoms with Gasteiger partial charge in [-0.25, -0.2) is 13.1 Å². The molecule has 3 rings (SSSR count). The smallest absolute Gasteiger partial charge is 0.265 e. The molecule has 1 heterocycles. The first kappa shape index (κ1) is 19.9. The lowest BCUT2D eigenvalue weighted by atomic mass is 10.2. The Morgan fingerprint density at radius 2 is 1.82 bits per heavy atom. The maximum absolute atomic E-state index is 13.1. The fraction of sp³-hybridized carbons (Fsp3) is 0.235. The fourth-order valence-corrected chi connectivity index (χ4v) is 4.04. The van der Waals surface area contributed by atoms with Crippen molar-refractivity contribution in [1.82, 2.24) is 20.2 Å². The minimum absolute atomic E-state index is 0.0693. The SMILES string of the molecule is CCn1nnnc1-c1ccc(OC)c(S(=O)(=O)Nc2cc(Cl)ccc2OC)c1. The lowest BCUT2D eigenvalue weighted by Crippen LogP contribution is -2.15. The molecule has 0 bridgehead atoms. The summed E-state index contributed by atoms with van der Waals surface area (Å²) in [5.74, 6) is 0.952. The topological polar surface area (TPSA) is 108 Å². The van der Waals surface area contributed by atoms with Crippen LogP contribution in [0.1, 0.15) is 6.92 Å². The Morgan fingerprint density at radius 1 is 1.11 bits per heavy atom. The van der Waals surface area contributed by atoms with Gasteiger partial charge in [0.25, 0.3) is 10.0 Å². The number of benzene rings is 2. The minimum atomic E-state index is -4.03. The first-order valence-electron chi connectivity index (χ1n) is 8.20. The second-order valence-corrected chi connectivity index (χ2v) is 7.72. The van der Waals surface area contributed by atoms with Crippen molar-refractivity contribution < 1.29 is 17.9 Å². The molecule has 0 aliphatic heterocycles. The van der Waals surface area contributed by atoms with Gasteiger partial charge < -0.3 is 9.47 Å². The molecule has 0 atom stereocenters. The Bertz CT molecular complexity index is 1100. The van der Waals surface area contributed by atoms with Gasteiger partial charge in [0.2, 0.25) is 0 Å². The zero-order valence-corrected chi connectivity index (χ0v) is 17.0. The van der Waals surface area contributed by atoms with Gasteiger partial charge in [-0.05, 0) is 53.7 Å². The lowest BCUT2D eigenvalue weighted by molar-refractivity contribution is 0.403. The van der Waals surface area contributed by atoms with Crippen LogP contribution in [0.2, 0.25) is 5.02 Å². The van der Waals surface area contributed by atoms with E-state index in [2.05, 4.69) is 20.2 Å². The van der Waals surface area contributed by atoms with Crippen molar-refractivity contribution in [2.45, 2.75) is 18.4 Å². The van der Waals surface area contributed by atoms with Crippen LogP contribution in [0.4, 0.5) is 5.69 Å². The van der Waals surface area contributed by atoms with Gasteiger partial charge in [-0.2, -0.15) is 0 Å². The predicted molar refractivity (Wildman–Crippen MR) is 104 cm³/mol. The average Bonchev–Trinajstić information content (AvgIpc) is 3.16. The Labute approximate surface area is 167 Å². The van der Waals surface area contributed by atoms with Gasteiger partial charge in [0, 0.05) is 17.1 Å². The molecule has 28 heavy (non-hydrogen) atoms. The molecule has 0 unspecified atom stereocenters. The molecule has 1 aromatic heterocycles. The van der Waals surface area contributed by atoms with Crippen molar-refractivity contribution in [3.05, 3.63) is 41.4 Å². The van der Waals surface area contributed by atoms with E-state index in [1.165, 1.54) is 26.4 Å². The van der Waals surface area contributed by atoms with E-state index in [0.717, 1.165) is 0 Å². The lowest BCUT2D eigenvalue weighted by Gasteiger charge is -2.15. The number of sulfonamides is 1. The molecule has 0 fully saturated rings. The third kappa shape index (κ3) is 3.87. The zero-order valence-electron chi connectivity index (χ0n) is 15.4. The number of anilines is 1. The molecule has 0 aliphatic rings. The van der Waals surface area contributed by atoms with E-state index in [1.807, 2.05) is 6.92 Å². The van der Waals surface area contributed by atoms with Crippen LogP contribution < -0.4 is 14.2 Å². The Morgan fingerprint density at radius 3 is 2.50 bits per heavy atom. The summed E-state index contributed by atoms with van der Waals surface area (Å²) in [5.41, 5.74) is 0.743. The van der Waals surface area contributed by atoms with Crippen LogP contribution in [-0.4, -0.2) is 42.8 Å². The van der Waals surface area contributed by atoms with Crippen LogP contribution in [0, 0.1) is 0 Å². The highest BCUT2D eigenvalue weighted by atomic mass is 35.5. The van der Waals surface area contributed by atoms with Crippen molar-refractivity contribution in [3.8, 4) is 22.9 Å². The van der Waals surface area contributed by atoms with Gasteiger partial charge in [-0.3, -0.25) is 4.72 Å². The van der Waals surface area contributed by atoms with E-state index < -0.39 is 10.0 Å². The molecule has 11 heteroatoms. The molecular formula is C17H18ClN5O4S. The number of hydrogen-bond donors (Lipinski definition) is 1. The number of aromatic nitrogens is 4. The van der Waals surface area contributed by atoms with Gasteiger partial charge in [-0.1, -0.05) is 11.6 Å². The molecule has 0 amide bonds. The fourth-order valence-electron chi connectivity index (χ4n) is 2.61. The summed E-state index contributed by atoms with van der Waals surface area (Å²) in [6.07, 6.45) is 0. The number of ether oxygens (including phenoxy) is 2. The number of hydrogen-bond acceptors (Lipinski definition) is 7. The normalized spacial score (nSPS) is 11.3. The molecule has 3 aromatic rings. The van der Waals surface area contributed by atoms with Crippen molar-refractivity contribution in [2.24, 2.45) is 0 Å². The maximum Gasteiger partial charge on any atom is 0.265 e. The highest BCUT2D eigenvalue weighted by molar-refractivity contribution is 7.92.